The van der Waals surface area contributed by atoms with Gasteiger partial charge in [0.2, 0.25) is 0 Å². The van der Waals surface area contributed by atoms with Gasteiger partial charge < -0.3 is 0 Å². The van der Waals surface area contributed by atoms with Crippen LogP contribution in [0.4, 0.5) is 4.39 Å². The fourth-order valence-electron chi connectivity index (χ4n) is 1.59. The van der Waals surface area contributed by atoms with Crippen LogP contribution in [0.25, 0.3) is 0 Å². The Morgan fingerprint density at radius 3 is 2.94 bits per heavy atom. The van der Waals surface area contributed by atoms with E-state index in [-0.39, 0.29) is 17.8 Å². The molecule has 0 saturated carbocycles. The number of nitrogens with zero attached hydrogens (tertiary/aromatic N) is 3. The molecule has 2 rings (SSSR count). The molecular formula is C12H12FN3O. The van der Waals surface area contributed by atoms with Crippen LogP contribution < -0.4 is 0 Å². The third-order valence-electron chi connectivity index (χ3n) is 2.47. The number of halogens is 1. The van der Waals surface area contributed by atoms with Gasteiger partial charge in [-0.25, -0.2) is 4.39 Å². The van der Waals surface area contributed by atoms with Gasteiger partial charge >= 0.3 is 0 Å². The third kappa shape index (κ3) is 2.75. The molecule has 0 unspecified atom stereocenters. The number of rotatable bonds is 4. The van der Waals surface area contributed by atoms with Crippen LogP contribution in [0.1, 0.15) is 22.3 Å². The Bertz CT molecular complexity index is 536. The molecular weight excluding hydrogens is 221 g/mol. The second-order valence-electron chi connectivity index (χ2n) is 3.80. The summed E-state index contributed by atoms with van der Waals surface area (Å²) in [6, 6.07) is 1.40. The van der Waals surface area contributed by atoms with E-state index in [1.54, 1.807) is 10.9 Å². The van der Waals surface area contributed by atoms with Crippen LogP contribution in [0.3, 0.4) is 0 Å². The zero-order valence-electron chi connectivity index (χ0n) is 9.43. The van der Waals surface area contributed by atoms with Crippen molar-refractivity contribution >= 4 is 5.78 Å². The number of Topliss-reactive ketones (excluding diaryl/α,β-unsaturated/α-hetero) is 1. The molecule has 0 N–H and O–H groups in total. The number of ketones is 1. The van der Waals surface area contributed by atoms with Gasteiger partial charge in [0, 0.05) is 25.9 Å². The van der Waals surface area contributed by atoms with Crippen LogP contribution in [0.15, 0.2) is 30.9 Å². The standard InChI is InChI=1S/C12H12FN3O/c1-16-8-9(6-15-16)2-3-12(17)10-4-5-14-7-11(10)13/h4-8H,2-3H2,1H3. The first-order chi connectivity index (χ1) is 8.16. The SMILES string of the molecule is Cn1cc(CCC(=O)c2ccncc2F)cn1. The second-order valence-corrected chi connectivity index (χ2v) is 3.80. The van der Waals surface area contributed by atoms with Crippen molar-refractivity contribution in [2.45, 2.75) is 12.8 Å². The molecule has 2 aromatic rings. The highest BCUT2D eigenvalue weighted by molar-refractivity contribution is 5.96. The topological polar surface area (TPSA) is 47.8 Å². The molecule has 5 heteroatoms. The molecule has 0 fully saturated rings. The van der Waals surface area contributed by atoms with Crippen molar-refractivity contribution in [3.8, 4) is 0 Å². The summed E-state index contributed by atoms with van der Waals surface area (Å²) < 4.78 is 14.9. The summed E-state index contributed by atoms with van der Waals surface area (Å²) in [6.45, 7) is 0. The minimum absolute atomic E-state index is 0.101. The van der Waals surface area contributed by atoms with E-state index in [4.69, 9.17) is 0 Å². The van der Waals surface area contributed by atoms with Crippen LogP contribution in [0.2, 0.25) is 0 Å². The third-order valence-corrected chi connectivity index (χ3v) is 2.47. The predicted octanol–water partition coefficient (Wildman–Crippen LogP) is 1.77. The summed E-state index contributed by atoms with van der Waals surface area (Å²) in [4.78, 5) is 15.4. The summed E-state index contributed by atoms with van der Waals surface area (Å²) in [5.41, 5.74) is 1.07. The average Bonchev–Trinajstić information content (AvgIpc) is 2.73. The van der Waals surface area contributed by atoms with Gasteiger partial charge in [-0.15, -0.1) is 0 Å². The molecule has 88 valence electrons. The molecule has 0 aliphatic rings. The van der Waals surface area contributed by atoms with E-state index in [1.165, 1.54) is 12.3 Å². The molecule has 0 spiro atoms. The van der Waals surface area contributed by atoms with E-state index in [9.17, 15) is 9.18 Å². The average molecular weight is 233 g/mol. The van der Waals surface area contributed by atoms with Crippen molar-refractivity contribution in [1.29, 1.82) is 0 Å². The number of hydrogen-bond acceptors (Lipinski definition) is 3. The number of carbonyl (C=O) groups excluding carboxylic acids is 1. The summed E-state index contributed by atoms with van der Waals surface area (Å²) in [6.07, 6.45) is 6.85. The Balaban J connectivity index is 2.01. The van der Waals surface area contributed by atoms with Crippen LogP contribution in [-0.2, 0) is 13.5 Å². The highest BCUT2D eigenvalue weighted by Crippen LogP contribution is 2.10. The van der Waals surface area contributed by atoms with Gasteiger partial charge in [0.15, 0.2) is 11.6 Å². The summed E-state index contributed by atoms with van der Waals surface area (Å²) in [5.74, 6) is -0.780. The molecule has 0 aliphatic carbocycles. The van der Waals surface area contributed by atoms with Crippen LogP contribution in [0, 0.1) is 5.82 Å². The van der Waals surface area contributed by atoms with E-state index in [2.05, 4.69) is 10.1 Å². The first-order valence-electron chi connectivity index (χ1n) is 5.27. The number of aryl methyl sites for hydroxylation is 2. The number of pyridine rings is 1. The van der Waals surface area contributed by atoms with Gasteiger partial charge in [0.1, 0.15) is 0 Å². The molecule has 2 aromatic heterocycles. The van der Waals surface area contributed by atoms with Crippen molar-refractivity contribution in [1.82, 2.24) is 14.8 Å². The van der Waals surface area contributed by atoms with Gasteiger partial charge in [0.05, 0.1) is 18.0 Å². The molecule has 0 aliphatic heterocycles. The fraction of sp³-hybridized carbons (Fsp3) is 0.250. The molecule has 17 heavy (non-hydrogen) atoms. The largest absolute Gasteiger partial charge is 0.294 e. The second kappa shape index (κ2) is 4.86. The lowest BCUT2D eigenvalue weighted by molar-refractivity contribution is 0.0979. The normalized spacial score (nSPS) is 10.5. The van der Waals surface area contributed by atoms with Crippen molar-refractivity contribution in [2.24, 2.45) is 7.05 Å². The van der Waals surface area contributed by atoms with Gasteiger partial charge in [-0.2, -0.15) is 5.10 Å². The van der Waals surface area contributed by atoms with E-state index < -0.39 is 5.82 Å². The zero-order valence-corrected chi connectivity index (χ0v) is 9.43. The molecule has 2 heterocycles. The van der Waals surface area contributed by atoms with Crippen LogP contribution in [-0.4, -0.2) is 20.5 Å². The Kier molecular flexibility index (Phi) is 3.27. The van der Waals surface area contributed by atoms with E-state index in [1.807, 2.05) is 13.2 Å². The van der Waals surface area contributed by atoms with Gasteiger partial charge in [-0.3, -0.25) is 14.5 Å². The van der Waals surface area contributed by atoms with Gasteiger partial charge in [0.25, 0.3) is 0 Å². The predicted molar refractivity (Wildman–Crippen MR) is 60.1 cm³/mol. The minimum Gasteiger partial charge on any atom is -0.294 e. The Morgan fingerprint density at radius 1 is 1.47 bits per heavy atom. The molecule has 0 aromatic carbocycles. The molecule has 0 saturated heterocycles. The minimum atomic E-state index is -0.566. The summed E-state index contributed by atoms with van der Waals surface area (Å²) >= 11 is 0. The van der Waals surface area contributed by atoms with E-state index >= 15 is 0 Å². The Labute approximate surface area is 98.1 Å². The monoisotopic (exact) mass is 233 g/mol. The molecule has 0 radical (unpaired) electrons. The zero-order chi connectivity index (χ0) is 12.3. The first kappa shape index (κ1) is 11.4. The van der Waals surface area contributed by atoms with Crippen LogP contribution in [0.5, 0.6) is 0 Å². The number of carbonyl (C=O) groups is 1. The number of hydrogen-bond donors (Lipinski definition) is 0. The number of aromatic nitrogens is 3. The lowest BCUT2D eigenvalue weighted by atomic mass is 10.1. The molecule has 0 bridgehead atoms. The molecule has 0 atom stereocenters. The van der Waals surface area contributed by atoms with Gasteiger partial charge in [-0.1, -0.05) is 0 Å². The lowest BCUT2D eigenvalue weighted by Gasteiger charge is -2.00. The first-order valence-corrected chi connectivity index (χ1v) is 5.27. The van der Waals surface area contributed by atoms with Crippen molar-refractivity contribution in [3.63, 3.8) is 0 Å². The molecule has 0 amide bonds. The summed E-state index contributed by atoms with van der Waals surface area (Å²) in [7, 11) is 1.81. The van der Waals surface area contributed by atoms with E-state index in [0.29, 0.717) is 6.42 Å². The van der Waals surface area contributed by atoms with Crippen LogP contribution >= 0.6 is 0 Å². The maximum absolute atomic E-state index is 13.3. The van der Waals surface area contributed by atoms with Crippen molar-refractivity contribution < 1.29 is 9.18 Å². The maximum atomic E-state index is 13.3. The maximum Gasteiger partial charge on any atom is 0.166 e. The highest BCUT2D eigenvalue weighted by atomic mass is 19.1. The quantitative estimate of drug-likeness (QED) is 0.756. The summed E-state index contributed by atoms with van der Waals surface area (Å²) in [5, 5.41) is 4.01. The fourth-order valence-corrected chi connectivity index (χ4v) is 1.59. The Morgan fingerprint density at radius 2 is 2.29 bits per heavy atom. The smallest absolute Gasteiger partial charge is 0.166 e. The lowest BCUT2D eigenvalue weighted by Crippen LogP contribution is -2.04. The van der Waals surface area contributed by atoms with Crippen molar-refractivity contribution in [2.75, 3.05) is 0 Å². The van der Waals surface area contributed by atoms with Gasteiger partial charge in [-0.05, 0) is 18.1 Å². The Hall–Kier alpha value is -2.04. The van der Waals surface area contributed by atoms with E-state index in [0.717, 1.165) is 11.8 Å². The highest BCUT2D eigenvalue weighted by Gasteiger charge is 2.11. The van der Waals surface area contributed by atoms with Crippen molar-refractivity contribution in [3.05, 3.63) is 47.8 Å². The molecule has 4 nitrogen and oxygen atoms in total.